The van der Waals surface area contributed by atoms with Gasteiger partial charge in [-0.1, -0.05) is 15.9 Å². The van der Waals surface area contributed by atoms with Crippen LogP contribution in [-0.2, 0) is 16.4 Å². The second-order valence-corrected chi connectivity index (χ2v) is 9.53. The Hall–Kier alpha value is -0.650. The fourth-order valence-corrected chi connectivity index (χ4v) is 4.29. The van der Waals surface area contributed by atoms with Crippen molar-refractivity contribution in [1.29, 1.82) is 0 Å². The first kappa shape index (κ1) is 22.4. The molecular formula is C16H21BrIN3O2S2. The highest BCUT2D eigenvalue weighted by atomic mass is 127. The van der Waals surface area contributed by atoms with E-state index in [1.165, 1.54) is 9.75 Å². The van der Waals surface area contributed by atoms with E-state index >= 15 is 0 Å². The SMILES string of the molecule is CN=C(NCCS(=O)(=O)c1ccc(Br)cc1)NCc1ccc(C)s1.I. The average molecular weight is 558 g/mol. The standard InChI is InChI=1S/C16H20BrN3O2S2.HI/c1-12-3-6-14(23-12)11-20-16(18-2)19-9-10-24(21,22)15-7-4-13(17)5-8-15;/h3-8H,9-11H2,1-2H3,(H2,18,19,20);1H. The third kappa shape index (κ3) is 7.24. The van der Waals surface area contributed by atoms with Crippen LogP contribution in [0.5, 0.6) is 0 Å². The Morgan fingerprint density at radius 3 is 2.40 bits per heavy atom. The van der Waals surface area contributed by atoms with Crippen LogP contribution in [0.15, 0.2) is 50.8 Å². The molecule has 0 bridgehead atoms. The highest BCUT2D eigenvalue weighted by Gasteiger charge is 2.14. The first-order valence-electron chi connectivity index (χ1n) is 7.39. The molecule has 0 amide bonds. The molecule has 2 aromatic rings. The molecule has 0 spiro atoms. The molecular weight excluding hydrogens is 537 g/mol. The lowest BCUT2D eigenvalue weighted by Gasteiger charge is -2.11. The number of rotatable bonds is 6. The van der Waals surface area contributed by atoms with Crippen molar-refractivity contribution in [2.24, 2.45) is 4.99 Å². The van der Waals surface area contributed by atoms with Crippen molar-refractivity contribution in [3.05, 3.63) is 50.6 Å². The molecule has 138 valence electrons. The molecule has 0 saturated heterocycles. The molecule has 1 aromatic carbocycles. The van der Waals surface area contributed by atoms with Gasteiger partial charge in [-0.3, -0.25) is 4.99 Å². The van der Waals surface area contributed by atoms with Crippen LogP contribution in [0.25, 0.3) is 0 Å². The second-order valence-electron chi connectivity index (χ2n) is 5.14. The van der Waals surface area contributed by atoms with Gasteiger partial charge in [-0.2, -0.15) is 0 Å². The summed E-state index contributed by atoms with van der Waals surface area (Å²) in [6.45, 7) is 3.02. The number of sulfone groups is 1. The monoisotopic (exact) mass is 557 g/mol. The lowest BCUT2D eigenvalue weighted by Crippen LogP contribution is -2.39. The van der Waals surface area contributed by atoms with Gasteiger partial charge in [0, 0.05) is 27.8 Å². The summed E-state index contributed by atoms with van der Waals surface area (Å²) in [7, 11) is -1.64. The molecule has 0 atom stereocenters. The van der Waals surface area contributed by atoms with Crippen LogP contribution in [0.2, 0.25) is 0 Å². The zero-order valence-corrected chi connectivity index (χ0v) is 19.5. The van der Waals surface area contributed by atoms with Crippen LogP contribution in [0.4, 0.5) is 0 Å². The summed E-state index contributed by atoms with van der Waals surface area (Å²) in [6.07, 6.45) is 0. The molecule has 0 fully saturated rings. The number of nitrogens with zero attached hydrogens (tertiary/aromatic N) is 1. The van der Waals surface area contributed by atoms with E-state index < -0.39 is 9.84 Å². The Labute approximate surface area is 178 Å². The first-order valence-corrected chi connectivity index (χ1v) is 10.6. The van der Waals surface area contributed by atoms with Gasteiger partial charge in [-0.05, 0) is 43.3 Å². The Kier molecular flexibility index (Phi) is 9.39. The Balaban J connectivity index is 0.00000312. The third-order valence-corrected chi connectivity index (χ3v) is 6.55. The van der Waals surface area contributed by atoms with Gasteiger partial charge in [0.15, 0.2) is 15.8 Å². The lowest BCUT2D eigenvalue weighted by molar-refractivity contribution is 0.594. The van der Waals surface area contributed by atoms with Crippen molar-refractivity contribution in [2.45, 2.75) is 18.4 Å². The van der Waals surface area contributed by atoms with Gasteiger partial charge in [-0.15, -0.1) is 35.3 Å². The maximum absolute atomic E-state index is 12.3. The molecule has 0 aliphatic rings. The van der Waals surface area contributed by atoms with Crippen molar-refractivity contribution in [2.75, 3.05) is 19.3 Å². The Morgan fingerprint density at radius 2 is 1.84 bits per heavy atom. The van der Waals surface area contributed by atoms with Gasteiger partial charge in [0.05, 0.1) is 17.2 Å². The summed E-state index contributed by atoms with van der Waals surface area (Å²) in [5.74, 6) is 0.597. The van der Waals surface area contributed by atoms with E-state index in [-0.39, 0.29) is 29.7 Å². The number of thiophene rings is 1. The van der Waals surface area contributed by atoms with Crippen molar-refractivity contribution in [3.63, 3.8) is 0 Å². The Bertz CT molecular complexity index is 805. The molecule has 5 nitrogen and oxygen atoms in total. The highest BCUT2D eigenvalue weighted by molar-refractivity contribution is 14.0. The zero-order chi connectivity index (χ0) is 17.6. The van der Waals surface area contributed by atoms with E-state index in [4.69, 9.17) is 0 Å². The van der Waals surface area contributed by atoms with Crippen LogP contribution in [0, 0.1) is 6.92 Å². The topological polar surface area (TPSA) is 70.6 Å². The number of hydrogen-bond donors (Lipinski definition) is 2. The lowest BCUT2D eigenvalue weighted by atomic mass is 10.4. The predicted octanol–water partition coefficient (Wildman–Crippen LogP) is 3.58. The number of nitrogens with one attached hydrogen (secondary N) is 2. The van der Waals surface area contributed by atoms with Crippen molar-refractivity contribution < 1.29 is 8.42 Å². The van der Waals surface area contributed by atoms with Crippen LogP contribution in [-0.4, -0.2) is 33.7 Å². The fourth-order valence-electron chi connectivity index (χ4n) is 2.04. The second kappa shape index (κ2) is 10.5. The third-order valence-electron chi connectivity index (χ3n) is 3.29. The number of aliphatic imine (C=N–C) groups is 1. The number of halogens is 2. The molecule has 2 N–H and O–H groups in total. The van der Waals surface area contributed by atoms with Gasteiger partial charge >= 0.3 is 0 Å². The van der Waals surface area contributed by atoms with Gasteiger partial charge in [0.1, 0.15) is 0 Å². The Morgan fingerprint density at radius 1 is 1.16 bits per heavy atom. The molecule has 1 heterocycles. The highest BCUT2D eigenvalue weighted by Crippen LogP contribution is 2.16. The van der Waals surface area contributed by atoms with Gasteiger partial charge in [-0.25, -0.2) is 8.42 Å². The van der Waals surface area contributed by atoms with Crippen molar-refractivity contribution >= 4 is 67.0 Å². The van der Waals surface area contributed by atoms with Gasteiger partial charge in [0.25, 0.3) is 0 Å². The number of guanidine groups is 1. The molecule has 2 rings (SSSR count). The first-order chi connectivity index (χ1) is 11.4. The molecule has 0 radical (unpaired) electrons. The van der Waals surface area contributed by atoms with Crippen LogP contribution in [0.3, 0.4) is 0 Å². The van der Waals surface area contributed by atoms with E-state index in [2.05, 4.69) is 50.6 Å². The van der Waals surface area contributed by atoms with Gasteiger partial charge < -0.3 is 10.6 Å². The quantitative estimate of drug-likeness (QED) is 0.323. The smallest absolute Gasteiger partial charge is 0.191 e. The summed E-state index contributed by atoms with van der Waals surface area (Å²) >= 11 is 5.02. The van der Waals surface area contributed by atoms with E-state index in [1.807, 2.05) is 0 Å². The van der Waals surface area contributed by atoms with E-state index in [1.54, 1.807) is 42.6 Å². The summed E-state index contributed by atoms with van der Waals surface area (Å²) in [6, 6.07) is 10.8. The number of aryl methyl sites for hydroxylation is 1. The summed E-state index contributed by atoms with van der Waals surface area (Å²) in [5, 5.41) is 6.22. The summed E-state index contributed by atoms with van der Waals surface area (Å²) in [5.41, 5.74) is 0. The predicted molar refractivity (Wildman–Crippen MR) is 119 cm³/mol. The maximum atomic E-state index is 12.3. The van der Waals surface area contributed by atoms with Crippen LogP contribution < -0.4 is 10.6 Å². The maximum Gasteiger partial charge on any atom is 0.191 e. The zero-order valence-electron chi connectivity index (χ0n) is 14.0. The van der Waals surface area contributed by atoms with Crippen molar-refractivity contribution in [3.8, 4) is 0 Å². The van der Waals surface area contributed by atoms with E-state index in [9.17, 15) is 8.42 Å². The minimum Gasteiger partial charge on any atom is -0.355 e. The summed E-state index contributed by atoms with van der Waals surface area (Å²) in [4.78, 5) is 6.90. The molecule has 0 aliphatic carbocycles. The largest absolute Gasteiger partial charge is 0.355 e. The molecule has 0 unspecified atom stereocenters. The van der Waals surface area contributed by atoms with E-state index in [0.29, 0.717) is 23.9 Å². The van der Waals surface area contributed by atoms with Crippen LogP contribution in [0.1, 0.15) is 9.75 Å². The molecule has 0 saturated carbocycles. The van der Waals surface area contributed by atoms with Gasteiger partial charge in [0.2, 0.25) is 0 Å². The van der Waals surface area contributed by atoms with E-state index in [0.717, 1.165) is 4.47 Å². The number of benzene rings is 1. The normalized spacial score (nSPS) is 11.7. The summed E-state index contributed by atoms with van der Waals surface area (Å²) < 4.78 is 25.4. The minimum atomic E-state index is -3.31. The molecule has 9 heteroatoms. The molecule has 0 aliphatic heterocycles. The van der Waals surface area contributed by atoms with Crippen LogP contribution >= 0.6 is 51.2 Å². The fraction of sp³-hybridized carbons (Fsp3) is 0.312. The minimum absolute atomic E-state index is 0. The average Bonchev–Trinajstić information content (AvgIpc) is 2.96. The van der Waals surface area contributed by atoms with Crippen molar-refractivity contribution in [1.82, 2.24) is 10.6 Å². The number of hydrogen-bond acceptors (Lipinski definition) is 4. The molecule has 25 heavy (non-hydrogen) atoms. The molecule has 1 aromatic heterocycles.